The molecule has 0 aliphatic rings. The van der Waals surface area contributed by atoms with Gasteiger partial charge in [0.25, 0.3) is 0 Å². The second-order valence-electron chi connectivity index (χ2n) is 6.12. The summed E-state index contributed by atoms with van der Waals surface area (Å²) in [4.78, 5) is 9.07. The minimum absolute atomic E-state index is 0.107. The zero-order chi connectivity index (χ0) is 21.1. The first-order chi connectivity index (χ1) is 12.9. The summed E-state index contributed by atoms with van der Waals surface area (Å²) in [6.07, 6.45) is -9.57. The zero-order valence-corrected chi connectivity index (χ0v) is 14.8. The number of benzene rings is 1. The number of hydrogen-bond donors (Lipinski definition) is 0. The Bertz CT molecular complexity index is 852. The summed E-state index contributed by atoms with van der Waals surface area (Å²) in [6.45, 7) is 5.02. The number of alkyl halides is 6. The second kappa shape index (κ2) is 8.05. The van der Waals surface area contributed by atoms with Crippen LogP contribution in [0.1, 0.15) is 17.3 Å². The normalized spacial score (nSPS) is 12.3. The van der Waals surface area contributed by atoms with Gasteiger partial charge in [-0.25, -0.2) is 4.85 Å². The molecule has 152 valence electrons. The minimum atomic E-state index is -4.88. The minimum Gasteiger partial charge on any atom is -0.355 e. The Labute approximate surface area is 156 Å². The van der Waals surface area contributed by atoms with Crippen molar-refractivity contribution in [2.24, 2.45) is 0 Å². The molecule has 6 nitrogen and oxygen atoms in total. The van der Waals surface area contributed by atoms with Crippen molar-refractivity contribution in [3.05, 3.63) is 46.9 Å². The maximum absolute atomic E-state index is 13.1. The van der Waals surface area contributed by atoms with E-state index >= 15 is 0 Å². The molecular formula is C16H15F6N5O. The van der Waals surface area contributed by atoms with E-state index in [0.717, 1.165) is 12.1 Å². The van der Waals surface area contributed by atoms with Crippen molar-refractivity contribution in [3.63, 3.8) is 0 Å². The average Bonchev–Trinajstić information content (AvgIpc) is 2.97. The summed E-state index contributed by atoms with van der Waals surface area (Å²) in [5.41, 5.74) is -2.37. The first-order valence-corrected chi connectivity index (χ1v) is 7.75. The van der Waals surface area contributed by atoms with Crippen LogP contribution in [-0.2, 0) is 19.3 Å². The molecule has 0 N–H and O–H groups in total. The van der Waals surface area contributed by atoms with Crippen LogP contribution >= 0.6 is 0 Å². The van der Waals surface area contributed by atoms with Gasteiger partial charge in [0, 0.05) is 5.69 Å². The lowest BCUT2D eigenvalue weighted by Gasteiger charge is -2.25. The average molecular weight is 407 g/mol. The van der Waals surface area contributed by atoms with Gasteiger partial charge in [-0.15, -0.1) is 0 Å². The Hall–Kier alpha value is -2.81. The first kappa shape index (κ1) is 21.5. The lowest BCUT2D eigenvalue weighted by Crippen LogP contribution is -2.34. The van der Waals surface area contributed by atoms with Crippen molar-refractivity contribution in [2.45, 2.75) is 25.4 Å². The topological polar surface area (TPSA) is 49.8 Å². The molecule has 0 bridgehead atoms. The lowest BCUT2D eigenvalue weighted by molar-refractivity contribution is -0.136. The summed E-state index contributed by atoms with van der Waals surface area (Å²) in [5.74, 6) is 0.0511. The molecule has 0 spiro atoms. The molecule has 0 saturated heterocycles. The highest BCUT2D eigenvalue weighted by Gasteiger charge is 2.36. The Kier molecular flexibility index (Phi) is 6.18. The monoisotopic (exact) mass is 407 g/mol. The maximum atomic E-state index is 13.1. The third kappa shape index (κ3) is 5.85. The van der Waals surface area contributed by atoms with Gasteiger partial charge in [-0.2, -0.15) is 31.3 Å². The van der Waals surface area contributed by atoms with E-state index < -0.39 is 36.7 Å². The van der Waals surface area contributed by atoms with Crippen LogP contribution in [0.5, 0.6) is 0 Å². The SMILES string of the molecule is [C-]#[N+]c1ccc(N(Cc2noc(CN(C)C)n2)CC(F)(F)F)cc1C(F)(F)F. The molecule has 0 amide bonds. The van der Waals surface area contributed by atoms with Gasteiger partial charge in [0.2, 0.25) is 5.89 Å². The summed E-state index contributed by atoms with van der Waals surface area (Å²) < 4.78 is 83.3. The highest BCUT2D eigenvalue weighted by Crippen LogP contribution is 2.39. The molecule has 1 aromatic carbocycles. The van der Waals surface area contributed by atoms with Gasteiger partial charge in [0.15, 0.2) is 11.5 Å². The second-order valence-corrected chi connectivity index (χ2v) is 6.12. The molecule has 0 radical (unpaired) electrons. The van der Waals surface area contributed by atoms with E-state index in [0.29, 0.717) is 11.0 Å². The largest absolute Gasteiger partial charge is 0.407 e. The Morgan fingerprint density at radius 3 is 2.32 bits per heavy atom. The van der Waals surface area contributed by atoms with E-state index in [2.05, 4.69) is 15.0 Å². The van der Waals surface area contributed by atoms with Gasteiger partial charge in [-0.3, -0.25) is 0 Å². The molecule has 0 saturated carbocycles. The zero-order valence-electron chi connectivity index (χ0n) is 14.8. The van der Waals surface area contributed by atoms with Crippen LogP contribution in [0.25, 0.3) is 4.85 Å². The van der Waals surface area contributed by atoms with E-state index in [9.17, 15) is 26.3 Å². The fraction of sp³-hybridized carbons (Fsp3) is 0.438. The van der Waals surface area contributed by atoms with Crippen molar-refractivity contribution in [1.82, 2.24) is 15.0 Å². The molecule has 2 rings (SSSR count). The molecule has 0 aliphatic carbocycles. The van der Waals surface area contributed by atoms with Crippen LogP contribution < -0.4 is 4.90 Å². The van der Waals surface area contributed by atoms with Crippen LogP contribution in [-0.4, -0.2) is 41.9 Å². The first-order valence-electron chi connectivity index (χ1n) is 7.75. The van der Waals surface area contributed by atoms with E-state index in [-0.39, 0.29) is 23.9 Å². The summed E-state index contributed by atoms with van der Waals surface area (Å²) in [5, 5.41) is 3.58. The smallest absolute Gasteiger partial charge is 0.355 e. The molecule has 2 aromatic rings. The van der Waals surface area contributed by atoms with E-state index in [1.54, 1.807) is 19.0 Å². The number of aromatic nitrogens is 2. The Morgan fingerprint density at radius 2 is 1.79 bits per heavy atom. The van der Waals surface area contributed by atoms with Crippen molar-refractivity contribution in [1.29, 1.82) is 0 Å². The highest BCUT2D eigenvalue weighted by molar-refractivity contribution is 5.62. The van der Waals surface area contributed by atoms with Crippen molar-refractivity contribution in [2.75, 3.05) is 25.5 Å². The standard InChI is InChI=1S/C16H15F6N5O/c1-23-12-5-4-10(6-11(12)16(20,21)22)27(9-15(17,18)19)7-13-24-14(28-25-13)8-26(2)3/h4-6H,7-9H2,2-3H3. The Balaban J connectivity index is 2.38. The van der Waals surface area contributed by atoms with Gasteiger partial charge in [0.05, 0.1) is 25.2 Å². The van der Waals surface area contributed by atoms with Crippen molar-refractivity contribution < 1.29 is 30.9 Å². The van der Waals surface area contributed by atoms with Gasteiger partial charge in [-0.1, -0.05) is 11.2 Å². The summed E-state index contributed by atoms with van der Waals surface area (Å²) in [7, 11) is 3.44. The van der Waals surface area contributed by atoms with Crippen LogP contribution in [0, 0.1) is 6.57 Å². The highest BCUT2D eigenvalue weighted by atomic mass is 19.4. The van der Waals surface area contributed by atoms with Crippen LogP contribution in [0.3, 0.4) is 0 Å². The fourth-order valence-electron chi connectivity index (χ4n) is 2.36. The quantitative estimate of drug-likeness (QED) is 0.529. The molecule has 0 atom stereocenters. The molecule has 0 aliphatic heterocycles. The number of halogens is 6. The Morgan fingerprint density at radius 1 is 1.11 bits per heavy atom. The lowest BCUT2D eigenvalue weighted by atomic mass is 10.1. The molecule has 12 heteroatoms. The van der Waals surface area contributed by atoms with Crippen LogP contribution in [0.4, 0.5) is 37.7 Å². The fourth-order valence-corrected chi connectivity index (χ4v) is 2.36. The maximum Gasteiger partial charge on any atom is 0.407 e. The van der Waals surface area contributed by atoms with Gasteiger partial charge < -0.3 is 14.3 Å². The summed E-state index contributed by atoms with van der Waals surface area (Å²) >= 11 is 0. The summed E-state index contributed by atoms with van der Waals surface area (Å²) in [6, 6.07) is 2.37. The molecule has 0 fully saturated rings. The van der Waals surface area contributed by atoms with E-state index in [4.69, 9.17) is 11.1 Å². The van der Waals surface area contributed by atoms with E-state index in [1.807, 2.05) is 0 Å². The van der Waals surface area contributed by atoms with E-state index in [1.165, 1.54) is 0 Å². The predicted octanol–water partition coefficient (Wildman–Crippen LogP) is 4.27. The number of hydrogen-bond acceptors (Lipinski definition) is 5. The molecule has 28 heavy (non-hydrogen) atoms. The predicted molar refractivity (Wildman–Crippen MR) is 86.5 cm³/mol. The third-order valence-electron chi connectivity index (χ3n) is 3.44. The van der Waals surface area contributed by atoms with Gasteiger partial charge in [-0.05, 0) is 26.2 Å². The molecule has 1 aromatic heterocycles. The molecular weight excluding hydrogens is 392 g/mol. The third-order valence-corrected chi connectivity index (χ3v) is 3.44. The van der Waals surface area contributed by atoms with Crippen LogP contribution in [0.2, 0.25) is 0 Å². The molecule has 1 heterocycles. The van der Waals surface area contributed by atoms with Crippen LogP contribution in [0.15, 0.2) is 22.7 Å². The number of rotatable bonds is 6. The van der Waals surface area contributed by atoms with Gasteiger partial charge >= 0.3 is 12.4 Å². The number of anilines is 1. The van der Waals surface area contributed by atoms with Gasteiger partial charge in [0.1, 0.15) is 6.54 Å². The number of nitrogens with zero attached hydrogens (tertiary/aromatic N) is 5. The van der Waals surface area contributed by atoms with Crippen molar-refractivity contribution in [3.8, 4) is 0 Å². The van der Waals surface area contributed by atoms with Crippen molar-refractivity contribution >= 4 is 11.4 Å². The molecule has 0 unspecified atom stereocenters.